The molecule has 0 saturated heterocycles. The number of likely N-dealkylation sites (N-methyl/N-ethyl adjacent to an activating group) is 1. The number of aromatic amines is 1. The van der Waals surface area contributed by atoms with Gasteiger partial charge in [-0.05, 0) is 20.4 Å². The van der Waals surface area contributed by atoms with Gasteiger partial charge in [-0.3, -0.25) is 5.10 Å². The molecule has 0 saturated carbocycles. The Labute approximate surface area is 121 Å². The number of hydrogen-bond donors (Lipinski definition) is 2. The van der Waals surface area contributed by atoms with Gasteiger partial charge in [0, 0.05) is 19.6 Å². The zero-order valence-electron chi connectivity index (χ0n) is 12.7. The van der Waals surface area contributed by atoms with Crippen molar-refractivity contribution >= 4 is 10.0 Å². The number of nitrogens with one attached hydrogen (secondary N) is 2. The lowest BCUT2D eigenvalue weighted by Gasteiger charge is -2.21. The van der Waals surface area contributed by atoms with Gasteiger partial charge in [-0.2, -0.15) is 9.40 Å². The Kier molecular flexibility index (Phi) is 5.91. The Morgan fingerprint density at radius 3 is 2.60 bits per heavy atom. The van der Waals surface area contributed by atoms with Gasteiger partial charge >= 0.3 is 0 Å². The van der Waals surface area contributed by atoms with Gasteiger partial charge < -0.3 is 5.32 Å². The van der Waals surface area contributed by atoms with E-state index in [2.05, 4.69) is 22.1 Å². The summed E-state index contributed by atoms with van der Waals surface area (Å²) in [7, 11) is -3.56. The van der Waals surface area contributed by atoms with E-state index >= 15 is 0 Å². The molecule has 0 unspecified atom stereocenters. The number of sulfonamides is 1. The lowest BCUT2D eigenvalue weighted by molar-refractivity contribution is 0.451. The topological polar surface area (TPSA) is 78.1 Å². The zero-order valence-corrected chi connectivity index (χ0v) is 13.5. The van der Waals surface area contributed by atoms with E-state index in [0.717, 1.165) is 12.1 Å². The molecule has 0 radical (unpaired) electrons. The molecule has 0 fully saturated rings. The van der Waals surface area contributed by atoms with E-state index in [0.29, 0.717) is 31.0 Å². The van der Waals surface area contributed by atoms with Crippen LogP contribution in [0.3, 0.4) is 0 Å². The highest BCUT2D eigenvalue weighted by Crippen LogP contribution is 2.22. The fourth-order valence-corrected chi connectivity index (χ4v) is 3.81. The third-order valence-corrected chi connectivity index (χ3v) is 5.03. The fraction of sp³-hybridized carbons (Fsp3) is 0.615. The summed E-state index contributed by atoms with van der Waals surface area (Å²) in [5.74, 6) is 0. The number of aryl methyl sites for hydroxylation is 1. The average Bonchev–Trinajstić information content (AvgIpc) is 2.74. The molecule has 1 aromatic rings. The maximum absolute atomic E-state index is 12.8. The van der Waals surface area contributed by atoms with Crippen LogP contribution in [0.2, 0.25) is 0 Å². The first-order chi connectivity index (χ1) is 9.34. The predicted molar refractivity (Wildman–Crippen MR) is 80.0 cm³/mol. The molecule has 20 heavy (non-hydrogen) atoms. The van der Waals surface area contributed by atoms with E-state index < -0.39 is 10.0 Å². The van der Waals surface area contributed by atoms with Crippen molar-refractivity contribution in [2.45, 2.75) is 39.1 Å². The monoisotopic (exact) mass is 300 g/mol. The van der Waals surface area contributed by atoms with E-state index in [-0.39, 0.29) is 4.90 Å². The molecule has 7 heteroatoms. The lowest BCUT2D eigenvalue weighted by atomic mass is 10.3. The highest BCUT2D eigenvalue weighted by Gasteiger charge is 2.29. The number of H-pyrrole nitrogens is 1. The molecule has 0 aliphatic rings. The summed E-state index contributed by atoms with van der Waals surface area (Å²) >= 11 is 0. The van der Waals surface area contributed by atoms with E-state index in [1.807, 2.05) is 20.8 Å². The van der Waals surface area contributed by atoms with Crippen LogP contribution >= 0.6 is 0 Å². The molecule has 0 aromatic carbocycles. The summed E-state index contributed by atoms with van der Waals surface area (Å²) in [6.07, 6.45) is 0. The molecular formula is C13H24N4O2S. The summed E-state index contributed by atoms with van der Waals surface area (Å²) in [5.41, 5.74) is 1.91. The third kappa shape index (κ3) is 3.68. The van der Waals surface area contributed by atoms with Gasteiger partial charge in [0.2, 0.25) is 10.0 Å². The van der Waals surface area contributed by atoms with Gasteiger partial charge in [-0.15, -0.1) is 0 Å². The molecule has 0 amide bonds. The second-order valence-electron chi connectivity index (χ2n) is 4.79. The molecule has 114 valence electrons. The molecule has 2 N–H and O–H groups in total. The van der Waals surface area contributed by atoms with Crippen molar-refractivity contribution in [3.05, 3.63) is 23.5 Å². The molecule has 1 heterocycles. The molecule has 0 spiro atoms. The van der Waals surface area contributed by atoms with Crippen molar-refractivity contribution in [2.75, 3.05) is 19.6 Å². The Morgan fingerprint density at radius 1 is 1.45 bits per heavy atom. The summed E-state index contributed by atoms with van der Waals surface area (Å²) in [5, 5.41) is 9.97. The second-order valence-corrected chi connectivity index (χ2v) is 6.67. The van der Waals surface area contributed by atoms with Gasteiger partial charge in [-0.1, -0.05) is 26.0 Å². The first kappa shape index (κ1) is 16.9. The highest BCUT2D eigenvalue weighted by atomic mass is 32.2. The van der Waals surface area contributed by atoms with Crippen LogP contribution in [0.1, 0.15) is 32.2 Å². The summed E-state index contributed by atoms with van der Waals surface area (Å²) < 4.78 is 26.9. The molecule has 0 atom stereocenters. The van der Waals surface area contributed by atoms with Gasteiger partial charge in [0.25, 0.3) is 0 Å². The Balaban J connectivity index is 3.19. The number of aromatic nitrogens is 2. The van der Waals surface area contributed by atoms with Crippen molar-refractivity contribution < 1.29 is 8.42 Å². The molecule has 6 nitrogen and oxygen atoms in total. The van der Waals surface area contributed by atoms with Crippen LogP contribution < -0.4 is 5.32 Å². The van der Waals surface area contributed by atoms with E-state index in [4.69, 9.17) is 0 Å². The van der Waals surface area contributed by atoms with E-state index in [1.54, 1.807) is 6.92 Å². The molecule has 1 aromatic heterocycles. The molecular weight excluding hydrogens is 276 g/mol. The van der Waals surface area contributed by atoms with Crippen LogP contribution in [0.15, 0.2) is 17.0 Å². The second kappa shape index (κ2) is 7.01. The van der Waals surface area contributed by atoms with Gasteiger partial charge in [0.05, 0.1) is 11.4 Å². The first-order valence-corrected chi connectivity index (χ1v) is 8.17. The third-order valence-electron chi connectivity index (χ3n) is 2.90. The van der Waals surface area contributed by atoms with Crippen LogP contribution in [0, 0.1) is 6.92 Å². The van der Waals surface area contributed by atoms with Crippen LogP contribution in [-0.2, 0) is 16.6 Å². The number of rotatable bonds is 8. The molecule has 1 rings (SSSR count). The number of hydrogen-bond acceptors (Lipinski definition) is 4. The van der Waals surface area contributed by atoms with Crippen LogP contribution in [-0.4, -0.2) is 42.6 Å². The average molecular weight is 300 g/mol. The highest BCUT2D eigenvalue weighted by molar-refractivity contribution is 7.89. The van der Waals surface area contributed by atoms with E-state index in [9.17, 15) is 8.42 Å². The van der Waals surface area contributed by atoms with Crippen molar-refractivity contribution in [1.29, 1.82) is 0 Å². The standard InChI is InChI=1S/C13H24N4O2S/c1-6-14-8-12-13(11(5)15-16-12)20(18,19)17(7-2)9-10(3)4/h14H,3,6-9H2,1-2,4-5H3,(H,15,16). The maximum atomic E-state index is 12.8. The minimum absolute atomic E-state index is 0.279. The minimum Gasteiger partial charge on any atom is -0.311 e. The molecule has 0 aliphatic carbocycles. The SMILES string of the molecule is C=C(C)CN(CC)S(=O)(=O)c1c(CNCC)n[nH]c1C. The summed E-state index contributed by atoms with van der Waals surface area (Å²) in [4.78, 5) is 0.279. The fourth-order valence-electron chi connectivity index (χ4n) is 1.97. The predicted octanol–water partition coefficient (Wildman–Crippen LogP) is 1.41. The van der Waals surface area contributed by atoms with E-state index in [1.165, 1.54) is 4.31 Å². The van der Waals surface area contributed by atoms with Crippen LogP contribution in [0.4, 0.5) is 0 Å². The minimum atomic E-state index is -3.56. The summed E-state index contributed by atoms with van der Waals surface area (Å²) in [6, 6.07) is 0. The lowest BCUT2D eigenvalue weighted by Crippen LogP contribution is -2.33. The molecule has 0 bridgehead atoms. The van der Waals surface area contributed by atoms with Crippen molar-refractivity contribution in [3.63, 3.8) is 0 Å². The van der Waals surface area contributed by atoms with Crippen LogP contribution in [0.5, 0.6) is 0 Å². The Morgan fingerprint density at radius 2 is 2.10 bits per heavy atom. The summed E-state index contributed by atoms with van der Waals surface area (Å²) in [6.45, 7) is 13.0. The smallest absolute Gasteiger partial charge is 0.247 e. The largest absolute Gasteiger partial charge is 0.311 e. The quantitative estimate of drug-likeness (QED) is 0.712. The van der Waals surface area contributed by atoms with Crippen LogP contribution in [0.25, 0.3) is 0 Å². The van der Waals surface area contributed by atoms with Crippen molar-refractivity contribution in [2.24, 2.45) is 0 Å². The Hall–Kier alpha value is -1.18. The van der Waals surface area contributed by atoms with Gasteiger partial charge in [0.15, 0.2) is 0 Å². The van der Waals surface area contributed by atoms with Gasteiger partial charge in [-0.25, -0.2) is 8.42 Å². The number of nitrogens with zero attached hydrogens (tertiary/aromatic N) is 2. The zero-order chi connectivity index (χ0) is 15.3. The van der Waals surface area contributed by atoms with Crippen molar-refractivity contribution in [1.82, 2.24) is 19.8 Å². The Bertz CT molecular complexity index is 563. The van der Waals surface area contributed by atoms with Crippen molar-refractivity contribution in [3.8, 4) is 0 Å². The normalized spacial score (nSPS) is 12.1. The maximum Gasteiger partial charge on any atom is 0.247 e. The van der Waals surface area contributed by atoms with Gasteiger partial charge in [0.1, 0.15) is 4.90 Å². The molecule has 0 aliphatic heterocycles. The first-order valence-electron chi connectivity index (χ1n) is 6.73.